The second-order valence-electron chi connectivity index (χ2n) is 18.4. The average Bonchev–Trinajstić information content (AvgIpc) is 3.36. The largest absolute Gasteiger partial charge is 0.462 e. The van der Waals surface area contributed by atoms with E-state index in [2.05, 4.69) is 142 Å². The molecule has 0 rings (SSSR count). The van der Waals surface area contributed by atoms with Gasteiger partial charge in [0.05, 0.1) is 0 Å². The van der Waals surface area contributed by atoms with Crippen LogP contribution in [0.25, 0.3) is 0 Å². The molecule has 0 aliphatic rings. The highest BCUT2D eigenvalue weighted by Crippen LogP contribution is 2.14. The van der Waals surface area contributed by atoms with Crippen LogP contribution in [0, 0.1) is 0 Å². The third kappa shape index (κ3) is 54.7. The predicted molar refractivity (Wildman–Crippen MR) is 302 cm³/mol. The second-order valence-corrected chi connectivity index (χ2v) is 18.4. The standard InChI is InChI=1S/C64H104O6/c1-4-7-10-13-16-19-22-25-26-27-28-29-30-31-32-33-34-35-36-37-38-40-42-45-48-51-54-57-63(66)69-60-61(59-68-62(65)56-53-50-47-44-41-24-21-18-15-12-9-6-3)70-64(67)58-55-52-49-46-43-39-23-20-17-14-11-8-5-2/h7-8,10-11,16-21,25-26,28-29,31-32,34-35,39,43,61H,4-6,9,12-15,22-24,27,30,33,36-38,40-42,44-60H2,1-3H3/b10-7-,11-8-,19-16-,20-17-,21-18-,26-25-,29-28-,32-31-,35-34-,43-39-. The van der Waals surface area contributed by atoms with E-state index in [-0.39, 0.29) is 37.5 Å². The van der Waals surface area contributed by atoms with Gasteiger partial charge in [-0.05, 0) is 128 Å². The lowest BCUT2D eigenvalue weighted by atomic mass is 10.1. The number of allylic oxidation sites excluding steroid dienone is 20. The van der Waals surface area contributed by atoms with E-state index in [0.717, 1.165) is 141 Å². The zero-order chi connectivity index (χ0) is 50.7. The first-order chi connectivity index (χ1) is 34.5. The van der Waals surface area contributed by atoms with Crippen molar-refractivity contribution in [3.63, 3.8) is 0 Å². The first-order valence-corrected chi connectivity index (χ1v) is 28.5. The molecule has 6 heteroatoms. The van der Waals surface area contributed by atoms with Gasteiger partial charge in [0.15, 0.2) is 6.10 Å². The molecule has 6 nitrogen and oxygen atoms in total. The van der Waals surface area contributed by atoms with Crippen LogP contribution in [0.5, 0.6) is 0 Å². The van der Waals surface area contributed by atoms with Gasteiger partial charge in [-0.25, -0.2) is 0 Å². The average molecular weight is 970 g/mol. The van der Waals surface area contributed by atoms with Crippen LogP contribution in [-0.2, 0) is 28.6 Å². The molecule has 0 aromatic heterocycles. The minimum atomic E-state index is -0.803. The molecular weight excluding hydrogens is 865 g/mol. The number of hydrogen-bond donors (Lipinski definition) is 0. The topological polar surface area (TPSA) is 78.9 Å². The van der Waals surface area contributed by atoms with Gasteiger partial charge >= 0.3 is 17.9 Å². The van der Waals surface area contributed by atoms with E-state index in [4.69, 9.17) is 14.2 Å². The van der Waals surface area contributed by atoms with Crippen LogP contribution in [0.15, 0.2) is 122 Å². The number of rotatable bonds is 50. The molecule has 0 N–H and O–H groups in total. The van der Waals surface area contributed by atoms with E-state index < -0.39 is 6.10 Å². The van der Waals surface area contributed by atoms with Crippen molar-refractivity contribution in [2.45, 2.75) is 252 Å². The lowest BCUT2D eigenvalue weighted by molar-refractivity contribution is -0.167. The fraction of sp³-hybridized carbons (Fsp3) is 0.641. The number of ether oxygens (including phenoxy) is 3. The van der Waals surface area contributed by atoms with Gasteiger partial charge in [0, 0.05) is 19.3 Å². The van der Waals surface area contributed by atoms with E-state index in [1.807, 2.05) is 0 Å². The second kappa shape index (κ2) is 57.4. The zero-order valence-electron chi connectivity index (χ0n) is 45.2. The van der Waals surface area contributed by atoms with Crippen molar-refractivity contribution in [2.24, 2.45) is 0 Å². The normalized spacial score (nSPS) is 13.0. The predicted octanol–water partition coefficient (Wildman–Crippen LogP) is 19.3. The molecule has 0 aromatic rings. The van der Waals surface area contributed by atoms with Crippen LogP contribution in [0.2, 0.25) is 0 Å². The summed E-state index contributed by atoms with van der Waals surface area (Å²) in [5, 5.41) is 0. The van der Waals surface area contributed by atoms with Crippen molar-refractivity contribution in [1.82, 2.24) is 0 Å². The number of carbonyl (C=O) groups is 3. The maximum Gasteiger partial charge on any atom is 0.306 e. The van der Waals surface area contributed by atoms with Gasteiger partial charge in [0.2, 0.25) is 0 Å². The molecule has 0 aromatic carbocycles. The maximum absolute atomic E-state index is 12.8. The Labute approximate surface area is 431 Å². The number of unbranched alkanes of at least 4 members (excludes halogenated alkanes) is 19. The highest BCUT2D eigenvalue weighted by Gasteiger charge is 2.19. The van der Waals surface area contributed by atoms with Crippen LogP contribution in [0.4, 0.5) is 0 Å². The summed E-state index contributed by atoms with van der Waals surface area (Å²) in [5.41, 5.74) is 0. The van der Waals surface area contributed by atoms with E-state index in [1.165, 1.54) is 64.2 Å². The Morgan fingerprint density at radius 3 is 0.900 bits per heavy atom. The maximum atomic E-state index is 12.8. The summed E-state index contributed by atoms with van der Waals surface area (Å²) in [6.07, 6.45) is 79.1. The molecule has 0 spiro atoms. The number of esters is 3. The minimum absolute atomic E-state index is 0.0992. The summed E-state index contributed by atoms with van der Waals surface area (Å²) in [7, 11) is 0. The van der Waals surface area contributed by atoms with Gasteiger partial charge in [-0.3, -0.25) is 14.4 Å². The molecule has 70 heavy (non-hydrogen) atoms. The smallest absolute Gasteiger partial charge is 0.306 e. The summed E-state index contributed by atoms with van der Waals surface area (Å²) in [6.45, 7) is 6.34. The van der Waals surface area contributed by atoms with Gasteiger partial charge in [0.25, 0.3) is 0 Å². The molecule has 0 aliphatic carbocycles. The Balaban J connectivity index is 4.32. The summed E-state index contributed by atoms with van der Waals surface area (Å²) in [4.78, 5) is 38.1. The fourth-order valence-electron chi connectivity index (χ4n) is 7.45. The Bertz CT molecular complexity index is 1490. The molecule has 0 radical (unpaired) electrons. The number of carbonyl (C=O) groups excluding carboxylic acids is 3. The van der Waals surface area contributed by atoms with Crippen LogP contribution < -0.4 is 0 Å². The van der Waals surface area contributed by atoms with Crippen LogP contribution in [-0.4, -0.2) is 37.2 Å². The molecule has 1 unspecified atom stereocenters. The van der Waals surface area contributed by atoms with Gasteiger partial charge in [0.1, 0.15) is 13.2 Å². The molecular formula is C64H104O6. The molecule has 0 fully saturated rings. The first kappa shape index (κ1) is 65.8. The molecule has 396 valence electrons. The molecule has 0 amide bonds. The highest BCUT2D eigenvalue weighted by molar-refractivity contribution is 5.71. The highest BCUT2D eigenvalue weighted by atomic mass is 16.6. The van der Waals surface area contributed by atoms with E-state index in [9.17, 15) is 14.4 Å². The summed E-state index contributed by atoms with van der Waals surface area (Å²) in [6, 6.07) is 0. The quantitative estimate of drug-likeness (QED) is 0.0262. The van der Waals surface area contributed by atoms with E-state index >= 15 is 0 Å². The molecule has 0 aliphatic heterocycles. The summed E-state index contributed by atoms with van der Waals surface area (Å²) in [5.74, 6) is -0.950. The Morgan fingerprint density at radius 1 is 0.300 bits per heavy atom. The SMILES string of the molecule is CC/C=C\C/C=C\C/C=C\C/C=C\C/C=C\C/C=C\CCCCCCCCCCC(=O)OCC(COC(=O)CCCCCCC/C=C\CCCCC)OC(=O)CCCCC/C=C\C/C=C\C/C=C\CC. The third-order valence-corrected chi connectivity index (χ3v) is 11.7. The lowest BCUT2D eigenvalue weighted by Gasteiger charge is -2.18. The molecule has 0 saturated heterocycles. The van der Waals surface area contributed by atoms with Gasteiger partial charge < -0.3 is 14.2 Å². The summed E-state index contributed by atoms with van der Waals surface area (Å²) >= 11 is 0. The van der Waals surface area contributed by atoms with E-state index in [1.54, 1.807) is 0 Å². The number of hydrogen-bond acceptors (Lipinski definition) is 6. The molecule has 0 heterocycles. The van der Waals surface area contributed by atoms with Crippen molar-refractivity contribution in [1.29, 1.82) is 0 Å². The lowest BCUT2D eigenvalue weighted by Crippen LogP contribution is -2.30. The Kier molecular flexibility index (Phi) is 54.0. The Morgan fingerprint density at radius 2 is 0.557 bits per heavy atom. The van der Waals surface area contributed by atoms with E-state index in [0.29, 0.717) is 12.8 Å². The molecule has 0 bridgehead atoms. The summed E-state index contributed by atoms with van der Waals surface area (Å²) < 4.78 is 16.8. The van der Waals surface area contributed by atoms with Crippen molar-refractivity contribution < 1.29 is 28.6 Å². The van der Waals surface area contributed by atoms with Gasteiger partial charge in [-0.1, -0.05) is 219 Å². The van der Waals surface area contributed by atoms with Crippen molar-refractivity contribution >= 4 is 17.9 Å². The fourth-order valence-corrected chi connectivity index (χ4v) is 7.45. The van der Waals surface area contributed by atoms with Gasteiger partial charge in [-0.15, -0.1) is 0 Å². The minimum Gasteiger partial charge on any atom is -0.462 e. The van der Waals surface area contributed by atoms with Crippen LogP contribution in [0.3, 0.4) is 0 Å². The monoisotopic (exact) mass is 969 g/mol. The van der Waals surface area contributed by atoms with Crippen molar-refractivity contribution in [2.75, 3.05) is 13.2 Å². The Hall–Kier alpha value is -4.19. The van der Waals surface area contributed by atoms with Crippen molar-refractivity contribution in [3.8, 4) is 0 Å². The molecule has 1 atom stereocenters. The third-order valence-electron chi connectivity index (χ3n) is 11.7. The van der Waals surface area contributed by atoms with Gasteiger partial charge in [-0.2, -0.15) is 0 Å². The zero-order valence-corrected chi connectivity index (χ0v) is 45.2. The molecule has 0 saturated carbocycles. The first-order valence-electron chi connectivity index (χ1n) is 28.5. The van der Waals surface area contributed by atoms with Crippen molar-refractivity contribution in [3.05, 3.63) is 122 Å². The van der Waals surface area contributed by atoms with Crippen LogP contribution >= 0.6 is 0 Å². The van der Waals surface area contributed by atoms with Crippen LogP contribution in [0.1, 0.15) is 245 Å².